The van der Waals surface area contributed by atoms with Crippen molar-refractivity contribution in [1.29, 1.82) is 0 Å². The van der Waals surface area contributed by atoms with E-state index >= 15 is 0 Å². The molecular weight excluding hydrogens is 336 g/mol. The summed E-state index contributed by atoms with van der Waals surface area (Å²) in [6, 6.07) is 3.92. The molecule has 2 amide bonds. The molecule has 2 heterocycles. The van der Waals surface area contributed by atoms with Crippen LogP contribution in [0.2, 0.25) is 0 Å². The molecule has 1 unspecified atom stereocenters. The van der Waals surface area contributed by atoms with E-state index in [1.54, 1.807) is 12.1 Å². The molecule has 0 bridgehead atoms. The summed E-state index contributed by atoms with van der Waals surface area (Å²) in [5.41, 5.74) is 5.53. The molecule has 9 heteroatoms. The summed E-state index contributed by atoms with van der Waals surface area (Å²) in [5, 5.41) is 3.33. The minimum Gasteiger partial charge on any atom is -0.496 e. The van der Waals surface area contributed by atoms with E-state index < -0.39 is 30.2 Å². The monoisotopic (exact) mass is 351 g/mol. The number of nitrogens with one attached hydrogen (secondary N) is 1. The third-order valence-electron chi connectivity index (χ3n) is 3.90. The summed E-state index contributed by atoms with van der Waals surface area (Å²) < 4.78 is 37.1. The number of rotatable bonds is 5. The Morgan fingerprint density at radius 1 is 1.48 bits per heavy atom. The van der Waals surface area contributed by atoms with Gasteiger partial charge in [-0.1, -0.05) is 0 Å². The van der Waals surface area contributed by atoms with E-state index in [1.807, 2.05) is 0 Å². The van der Waals surface area contributed by atoms with Gasteiger partial charge in [-0.15, -0.1) is 0 Å². The Balaban J connectivity index is 1.87. The molecule has 7 nitrogen and oxygen atoms in total. The maximum Gasteiger partial charge on any atom is 0.326 e. The Kier molecular flexibility index (Phi) is 4.15. The lowest BCUT2D eigenvalue weighted by atomic mass is 10.1. The van der Waals surface area contributed by atoms with E-state index in [0.29, 0.717) is 10.8 Å². The van der Waals surface area contributed by atoms with Gasteiger partial charge in [0.05, 0.1) is 18.7 Å². The van der Waals surface area contributed by atoms with Crippen LogP contribution in [0, 0.1) is 0 Å². The van der Waals surface area contributed by atoms with Crippen LogP contribution in [-0.2, 0) is 4.79 Å². The van der Waals surface area contributed by atoms with Crippen molar-refractivity contribution in [3.05, 3.63) is 30.0 Å². The van der Waals surface area contributed by atoms with E-state index in [1.165, 1.54) is 19.4 Å². The van der Waals surface area contributed by atoms with Crippen molar-refractivity contribution in [2.45, 2.75) is 18.4 Å². The highest BCUT2D eigenvalue weighted by Gasteiger charge is 2.48. The maximum absolute atomic E-state index is 13.2. The third-order valence-corrected chi connectivity index (χ3v) is 3.90. The first kappa shape index (κ1) is 16.9. The second kappa shape index (κ2) is 6.15. The number of pyridine rings is 1. The summed E-state index contributed by atoms with van der Waals surface area (Å²) in [5.74, 6) is -4.91. The van der Waals surface area contributed by atoms with Gasteiger partial charge >= 0.3 is 5.92 Å². The van der Waals surface area contributed by atoms with Crippen molar-refractivity contribution in [3.8, 4) is 11.6 Å². The quantitative estimate of drug-likeness (QED) is 0.844. The van der Waals surface area contributed by atoms with Crippen molar-refractivity contribution in [3.63, 3.8) is 0 Å². The molecule has 0 aliphatic carbocycles. The molecule has 0 saturated carbocycles. The van der Waals surface area contributed by atoms with E-state index in [2.05, 4.69) is 10.3 Å². The summed E-state index contributed by atoms with van der Waals surface area (Å²) in [6.45, 7) is -0.159. The highest BCUT2D eigenvalue weighted by atomic mass is 19.3. The zero-order valence-electron chi connectivity index (χ0n) is 13.2. The zero-order valence-corrected chi connectivity index (χ0v) is 13.2. The third kappa shape index (κ3) is 3.17. The lowest BCUT2D eigenvalue weighted by Gasteiger charge is -2.14. The number of alkyl halides is 2. The molecular formula is C16H15F2N3O4. The molecule has 1 atom stereocenters. The molecule has 1 aromatic heterocycles. The number of benzene rings is 1. The number of methoxy groups -OCH3 is 1. The van der Waals surface area contributed by atoms with E-state index in [9.17, 15) is 18.4 Å². The number of aromatic nitrogens is 1. The van der Waals surface area contributed by atoms with Crippen molar-refractivity contribution in [2.75, 3.05) is 13.7 Å². The van der Waals surface area contributed by atoms with Crippen molar-refractivity contribution in [1.82, 2.24) is 10.3 Å². The molecule has 0 radical (unpaired) electrons. The van der Waals surface area contributed by atoms with Gasteiger partial charge in [-0.25, -0.2) is 4.98 Å². The zero-order chi connectivity index (χ0) is 18.2. The molecule has 1 fully saturated rings. The number of carbonyl (C=O) groups excluding carboxylic acids is 2. The van der Waals surface area contributed by atoms with Gasteiger partial charge in [-0.05, 0) is 23.6 Å². The minimum absolute atomic E-state index is 0.159. The number of hydrogen-bond donors (Lipinski definition) is 2. The number of halogens is 2. The van der Waals surface area contributed by atoms with Gasteiger partial charge in [0.1, 0.15) is 12.4 Å². The molecule has 1 aliphatic rings. The Hall–Kier alpha value is -2.97. The first-order valence-electron chi connectivity index (χ1n) is 7.40. The van der Waals surface area contributed by atoms with Gasteiger partial charge < -0.3 is 20.5 Å². The summed E-state index contributed by atoms with van der Waals surface area (Å²) >= 11 is 0. The molecule has 3 rings (SSSR count). The molecule has 3 N–H and O–H groups in total. The highest BCUT2D eigenvalue weighted by Crippen LogP contribution is 2.31. The summed E-state index contributed by atoms with van der Waals surface area (Å²) in [6.07, 6.45) is 0.822. The highest BCUT2D eigenvalue weighted by molar-refractivity contribution is 6.01. The molecule has 1 aromatic carbocycles. The Morgan fingerprint density at radius 2 is 2.24 bits per heavy atom. The van der Waals surface area contributed by atoms with Crippen LogP contribution < -0.4 is 20.5 Å². The standard InChI is InChI=1S/C16H15F2N3O4/c1-24-12-5-10-8(4-11(12)13(19)22)2-3-20-14(10)25-7-9-6-16(17,18)15(23)21-9/h2-5,9H,6-7H2,1H3,(H2,19,22)(H,21,23). The largest absolute Gasteiger partial charge is 0.496 e. The number of nitrogens with two attached hydrogens (primary N) is 1. The smallest absolute Gasteiger partial charge is 0.326 e. The molecule has 1 saturated heterocycles. The van der Waals surface area contributed by atoms with Crippen LogP contribution >= 0.6 is 0 Å². The fourth-order valence-electron chi connectivity index (χ4n) is 2.68. The number of ether oxygens (including phenoxy) is 2. The average molecular weight is 351 g/mol. The fraction of sp³-hybridized carbons (Fsp3) is 0.312. The number of carbonyl (C=O) groups is 2. The van der Waals surface area contributed by atoms with Crippen LogP contribution in [-0.4, -0.2) is 42.5 Å². The average Bonchev–Trinajstić information content (AvgIpc) is 2.83. The Labute approximate surface area is 141 Å². The van der Waals surface area contributed by atoms with E-state index in [-0.39, 0.29) is 23.8 Å². The number of nitrogens with zero attached hydrogens (tertiary/aromatic N) is 1. The van der Waals surface area contributed by atoms with Crippen molar-refractivity contribution in [2.24, 2.45) is 5.73 Å². The topological polar surface area (TPSA) is 104 Å². The van der Waals surface area contributed by atoms with Crippen LogP contribution in [0.3, 0.4) is 0 Å². The van der Waals surface area contributed by atoms with Crippen LogP contribution in [0.25, 0.3) is 10.8 Å². The van der Waals surface area contributed by atoms with Crippen LogP contribution in [0.15, 0.2) is 24.4 Å². The van der Waals surface area contributed by atoms with Crippen LogP contribution in [0.4, 0.5) is 8.78 Å². The van der Waals surface area contributed by atoms with Gasteiger partial charge in [0.2, 0.25) is 5.88 Å². The number of amides is 2. The SMILES string of the molecule is COc1cc2c(OCC3CC(F)(F)C(=O)N3)nccc2cc1C(N)=O. The molecule has 0 spiro atoms. The number of primary amides is 1. The van der Waals surface area contributed by atoms with Crippen molar-refractivity contribution >= 4 is 22.6 Å². The van der Waals surface area contributed by atoms with E-state index in [4.69, 9.17) is 15.2 Å². The van der Waals surface area contributed by atoms with Gasteiger partial charge in [-0.3, -0.25) is 9.59 Å². The second-order valence-electron chi connectivity index (χ2n) is 5.64. The first-order valence-corrected chi connectivity index (χ1v) is 7.40. The maximum atomic E-state index is 13.2. The first-order chi connectivity index (χ1) is 11.8. The lowest BCUT2D eigenvalue weighted by molar-refractivity contribution is -0.139. The van der Waals surface area contributed by atoms with Gasteiger partial charge in [0.25, 0.3) is 11.8 Å². The Bertz CT molecular complexity index is 857. The van der Waals surface area contributed by atoms with E-state index in [0.717, 1.165) is 0 Å². The minimum atomic E-state index is -3.39. The van der Waals surface area contributed by atoms with Crippen LogP contribution in [0.5, 0.6) is 11.6 Å². The molecule has 132 valence electrons. The molecule has 1 aliphatic heterocycles. The summed E-state index contributed by atoms with van der Waals surface area (Å²) in [7, 11) is 1.39. The number of hydrogen-bond acceptors (Lipinski definition) is 5. The second-order valence-corrected chi connectivity index (χ2v) is 5.64. The normalized spacial score (nSPS) is 18.8. The molecule has 25 heavy (non-hydrogen) atoms. The predicted molar refractivity (Wildman–Crippen MR) is 83.8 cm³/mol. The summed E-state index contributed by atoms with van der Waals surface area (Å²) in [4.78, 5) is 26.7. The predicted octanol–water partition coefficient (Wildman–Crippen LogP) is 1.24. The molecule has 2 aromatic rings. The lowest BCUT2D eigenvalue weighted by Crippen LogP contribution is -2.33. The van der Waals surface area contributed by atoms with Gasteiger partial charge in [-0.2, -0.15) is 8.78 Å². The van der Waals surface area contributed by atoms with Crippen molar-refractivity contribution < 1.29 is 27.8 Å². The van der Waals surface area contributed by atoms with Crippen LogP contribution in [0.1, 0.15) is 16.8 Å². The number of fused-ring (bicyclic) bond motifs is 1. The van der Waals surface area contributed by atoms with Gasteiger partial charge in [0.15, 0.2) is 0 Å². The Morgan fingerprint density at radius 3 is 2.84 bits per heavy atom. The fourth-order valence-corrected chi connectivity index (χ4v) is 2.68. The van der Waals surface area contributed by atoms with Gasteiger partial charge in [0, 0.05) is 18.0 Å².